The molecule has 0 bridgehead atoms. The van der Waals surface area contributed by atoms with Crippen molar-refractivity contribution >= 4 is 21.6 Å². The Balaban J connectivity index is 1.62. The highest BCUT2D eigenvalue weighted by Gasteiger charge is 2.34. The normalized spacial score (nSPS) is 15.8. The van der Waals surface area contributed by atoms with Crippen molar-refractivity contribution in [1.29, 1.82) is 0 Å². The lowest BCUT2D eigenvalue weighted by Gasteiger charge is -2.34. The Labute approximate surface area is 170 Å². The fraction of sp³-hybridized carbons (Fsp3) is 0.350. The molecular weight excluding hydrogens is 396 g/mol. The summed E-state index contributed by atoms with van der Waals surface area (Å²) < 4.78 is 42.2. The van der Waals surface area contributed by atoms with Gasteiger partial charge in [0.2, 0.25) is 10.0 Å². The number of carbonyl (C=O) groups is 1. The number of nitrogens with zero attached hydrogens (tertiary/aromatic N) is 1. The van der Waals surface area contributed by atoms with Crippen molar-refractivity contribution in [1.82, 2.24) is 5.32 Å². The number of methoxy groups -OCH3 is 1. The minimum Gasteiger partial charge on any atom is -0.493 e. The van der Waals surface area contributed by atoms with Gasteiger partial charge >= 0.3 is 0 Å². The molecule has 0 saturated heterocycles. The van der Waals surface area contributed by atoms with Gasteiger partial charge in [0.25, 0.3) is 5.91 Å². The van der Waals surface area contributed by atoms with Gasteiger partial charge in [0.15, 0.2) is 17.6 Å². The Bertz CT molecular complexity index is 992. The molecule has 0 fully saturated rings. The largest absolute Gasteiger partial charge is 0.493 e. The number of nitrogens with one attached hydrogen (secondary N) is 1. The first-order chi connectivity index (χ1) is 13.8. The van der Waals surface area contributed by atoms with Crippen LogP contribution in [0, 0.1) is 6.92 Å². The van der Waals surface area contributed by atoms with Crippen LogP contribution in [-0.4, -0.2) is 53.5 Å². The van der Waals surface area contributed by atoms with Crippen LogP contribution in [0.5, 0.6) is 17.2 Å². The van der Waals surface area contributed by atoms with E-state index in [-0.39, 0.29) is 19.7 Å². The van der Waals surface area contributed by atoms with Gasteiger partial charge in [-0.1, -0.05) is 18.2 Å². The van der Waals surface area contributed by atoms with Crippen molar-refractivity contribution in [2.75, 3.05) is 37.4 Å². The van der Waals surface area contributed by atoms with Gasteiger partial charge in [0.1, 0.15) is 12.4 Å². The van der Waals surface area contributed by atoms with E-state index in [1.807, 2.05) is 19.1 Å². The molecule has 0 radical (unpaired) electrons. The summed E-state index contributed by atoms with van der Waals surface area (Å²) in [4.78, 5) is 12.5. The zero-order chi connectivity index (χ0) is 21.0. The monoisotopic (exact) mass is 420 g/mol. The molecule has 29 heavy (non-hydrogen) atoms. The summed E-state index contributed by atoms with van der Waals surface area (Å²) >= 11 is 0. The number of amides is 1. The van der Waals surface area contributed by atoms with Crippen LogP contribution in [-0.2, 0) is 14.8 Å². The molecule has 0 aromatic heterocycles. The lowest BCUT2D eigenvalue weighted by Crippen LogP contribution is -2.51. The minimum atomic E-state index is -3.56. The van der Waals surface area contributed by atoms with E-state index >= 15 is 0 Å². The van der Waals surface area contributed by atoms with Crippen molar-refractivity contribution in [2.45, 2.75) is 13.0 Å². The van der Waals surface area contributed by atoms with Crippen LogP contribution in [0.2, 0.25) is 0 Å². The fourth-order valence-electron chi connectivity index (χ4n) is 3.00. The van der Waals surface area contributed by atoms with Gasteiger partial charge in [0, 0.05) is 0 Å². The van der Waals surface area contributed by atoms with E-state index < -0.39 is 22.0 Å². The zero-order valence-electron chi connectivity index (χ0n) is 16.5. The van der Waals surface area contributed by atoms with E-state index in [1.54, 1.807) is 37.4 Å². The molecular formula is C20H24N2O6S. The molecule has 8 nitrogen and oxygen atoms in total. The smallest absolute Gasteiger partial charge is 0.263 e. The maximum absolute atomic E-state index is 12.5. The van der Waals surface area contributed by atoms with Crippen LogP contribution in [0.1, 0.15) is 5.56 Å². The first-order valence-electron chi connectivity index (χ1n) is 9.08. The topological polar surface area (TPSA) is 94.2 Å². The third-order valence-corrected chi connectivity index (χ3v) is 5.55. The predicted octanol–water partition coefficient (Wildman–Crippen LogP) is 1.73. The molecule has 1 aliphatic rings. The summed E-state index contributed by atoms with van der Waals surface area (Å²) in [7, 11) is -2.00. The number of sulfonamides is 1. The SMILES string of the molecule is COc1ccccc1OCCNC(=O)[C@H]1CN(S(C)(=O)=O)c2cc(C)ccc2O1. The summed E-state index contributed by atoms with van der Waals surface area (Å²) in [5, 5.41) is 2.72. The molecule has 2 aromatic rings. The molecule has 1 amide bonds. The van der Waals surface area contributed by atoms with Crippen molar-refractivity contribution in [3.63, 3.8) is 0 Å². The van der Waals surface area contributed by atoms with E-state index in [0.29, 0.717) is 22.9 Å². The molecule has 0 spiro atoms. The third-order valence-electron chi connectivity index (χ3n) is 4.40. The molecule has 1 atom stereocenters. The maximum Gasteiger partial charge on any atom is 0.263 e. The van der Waals surface area contributed by atoms with Crippen LogP contribution in [0.25, 0.3) is 0 Å². The first kappa shape index (κ1) is 20.8. The van der Waals surface area contributed by atoms with E-state index in [9.17, 15) is 13.2 Å². The average Bonchev–Trinajstić information content (AvgIpc) is 2.69. The van der Waals surface area contributed by atoms with Gasteiger partial charge in [-0.15, -0.1) is 0 Å². The number of anilines is 1. The molecule has 156 valence electrons. The minimum absolute atomic E-state index is 0.0888. The van der Waals surface area contributed by atoms with Crippen LogP contribution in [0.4, 0.5) is 5.69 Å². The highest BCUT2D eigenvalue weighted by atomic mass is 32.2. The number of rotatable bonds is 7. The van der Waals surface area contributed by atoms with E-state index in [4.69, 9.17) is 14.2 Å². The second kappa shape index (κ2) is 8.60. The van der Waals surface area contributed by atoms with Crippen molar-refractivity contribution in [3.8, 4) is 17.2 Å². The summed E-state index contributed by atoms with van der Waals surface area (Å²) in [6, 6.07) is 12.4. The average molecular weight is 420 g/mol. The number of benzene rings is 2. The number of aryl methyl sites for hydroxylation is 1. The van der Waals surface area contributed by atoms with E-state index in [0.717, 1.165) is 11.8 Å². The van der Waals surface area contributed by atoms with Gasteiger partial charge in [-0.25, -0.2) is 8.42 Å². The van der Waals surface area contributed by atoms with Crippen molar-refractivity contribution in [3.05, 3.63) is 48.0 Å². The standard InChI is InChI=1S/C20H24N2O6S/c1-14-8-9-16-15(12-14)22(29(3,24)25)13-19(28-16)20(23)21-10-11-27-18-7-5-4-6-17(18)26-2/h4-9,12,19H,10-11,13H2,1-3H3,(H,21,23)/t19-/m1/s1. The number of carbonyl (C=O) groups excluding carboxylic acids is 1. The Hall–Kier alpha value is -2.94. The highest BCUT2D eigenvalue weighted by molar-refractivity contribution is 7.92. The third kappa shape index (κ3) is 4.92. The highest BCUT2D eigenvalue weighted by Crippen LogP contribution is 2.35. The second-order valence-electron chi connectivity index (χ2n) is 6.66. The molecule has 1 heterocycles. The van der Waals surface area contributed by atoms with Gasteiger partial charge in [-0.3, -0.25) is 9.10 Å². The molecule has 1 N–H and O–H groups in total. The lowest BCUT2D eigenvalue weighted by atomic mass is 10.1. The number of ether oxygens (including phenoxy) is 3. The van der Waals surface area contributed by atoms with Crippen LogP contribution < -0.4 is 23.8 Å². The predicted molar refractivity (Wildman–Crippen MR) is 109 cm³/mol. The van der Waals surface area contributed by atoms with Crippen LogP contribution >= 0.6 is 0 Å². The summed E-state index contributed by atoms with van der Waals surface area (Å²) in [6.45, 7) is 2.23. The van der Waals surface area contributed by atoms with E-state index in [1.165, 1.54) is 4.31 Å². The maximum atomic E-state index is 12.5. The summed E-state index contributed by atoms with van der Waals surface area (Å²) in [5.41, 5.74) is 1.34. The quantitative estimate of drug-likeness (QED) is 0.686. The van der Waals surface area contributed by atoms with Gasteiger partial charge in [-0.05, 0) is 36.8 Å². The fourth-order valence-corrected chi connectivity index (χ4v) is 3.91. The Morgan fingerprint density at radius 2 is 1.97 bits per heavy atom. The Kier molecular flexibility index (Phi) is 6.17. The van der Waals surface area contributed by atoms with Crippen LogP contribution in [0.15, 0.2) is 42.5 Å². The molecule has 0 saturated carbocycles. The summed E-state index contributed by atoms with van der Waals surface area (Å²) in [5.74, 6) is 1.13. The summed E-state index contributed by atoms with van der Waals surface area (Å²) in [6.07, 6.45) is 0.159. The van der Waals surface area contributed by atoms with Gasteiger partial charge in [0.05, 0.1) is 32.1 Å². The van der Waals surface area contributed by atoms with Crippen molar-refractivity contribution in [2.24, 2.45) is 0 Å². The lowest BCUT2D eigenvalue weighted by molar-refractivity contribution is -0.127. The van der Waals surface area contributed by atoms with Crippen molar-refractivity contribution < 1.29 is 27.4 Å². The van der Waals surface area contributed by atoms with E-state index in [2.05, 4.69) is 5.32 Å². The molecule has 3 rings (SSSR count). The number of para-hydroxylation sites is 2. The Morgan fingerprint density at radius 1 is 1.24 bits per heavy atom. The molecule has 0 unspecified atom stereocenters. The van der Waals surface area contributed by atoms with Gasteiger partial charge in [-0.2, -0.15) is 0 Å². The number of fused-ring (bicyclic) bond motifs is 1. The van der Waals surface area contributed by atoms with Crippen LogP contribution in [0.3, 0.4) is 0 Å². The molecule has 1 aliphatic heterocycles. The molecule has 2 aromatic carbocycles. The molecule has 9 heteroatoms. The Morgan fingerprint density at radius 3 is 2.66 bits per heavy atom. The zero-order valence-corrected chi connectivity index (χ0v) is 17.4. The number of hydrogen-bond donors (Lipinski definition) is 1. The first-order valence-corrected chi connectivity index (χ1v) is 10.9. The van der Waals surface area contributed by atoms with Gasteiger partial charge < -0.3 is 19.5 Å². The molecule has 0 aliphatic carbocycles. The number of hydrogen-bond acceptors (Lipinski definition) is 6. The second-order valence-corrected chi connectivity index (χ2v) is 8.57.